The van der Waals surface area contributed by atoms with Gasteiger partial charge in [0.2, 0.25) is 0 Å². The van der Waals surface area contributed by atoms with E-state index in [1.54, 1.807) is 19.1 Å². The molecule has 4 nitrogen and oxygen atoms in total. The SMILES string of the molecule is CCCCCC(O)CCCC(CCCc1ccc(C(=O)O)cc1)C(C)=O. The fraction of sp³-hybridized carbons (Fsp3) is 0.636. The molecule has 2 N–H and O–H groups in total. The molecule has 1 aromatic carbocycles. The average Bonchev–Trinajstić information content (AvgIpc) is 2.61. The number of carboxylic acids is 1. The van der Waals surface area contributed by atoms with Crippen LogP contribution in [0.15, 0.2) is 24.3 Å². The Hall–Kier alpha value is -1.68. The Bertz CT molecular complexity index is 536. The summed E-state index contributed by atoms with van der Waals surface area (Å²) in [5.74, 6) is -0.618. The molecule has 146 valence electrons. The van der Waals surface area contributed by atoms with Gasteiger partial charge in [0, 0.05) is 5.92 Å². The van der Waals surface area contributed by atoms with Gasteiger partial charge in [0.05, 0.1) is 11.7 Å². The van der Waals surface area contributed by atoms with Gasteiger partial charge in [0.25, 0.3) is 0 Å². The first-order chi connectivity index (χ1) is 12.4. The number of benzene rings is 1. The van der Waals surface area contributed by atoms with Crippen molar-refractivity contribution in [2.24, 2.45) is 5.92 Å². The molecule has 0 saturated carbocycles. The summed E-state index contributed by atoms with van der Waals surface area (Å²) >= 11 is 0. The topological polar surface area (TPSA) is 74.6 Å². The van der Waals surface area contributed by atoms with Crippen LogP contribution in [0.2, 0.25) is 0 Å². The number of rotatable bonds is 14. The molecular formula is C22H34O4. The number of carbonyl (C=O) groups excluding carboxylic acids is 1. The minimum Gasteiger partial charge on any atom is -0.478 e. The normalized spacial score (nSPS) is 13.3. The van der Waals surface area contributed by atoms with Crippen molar-refractivity contribution in [1.82, 2.24) is 0 Å². The number of carbonyl (C=O) groups is 2. The predicted molar refractivity (Wildman–Crippen MR) is 105 cm³/mol. The van der Waals surface area contributed by atoms with Crippen molar-refractivity contribution in [3.8, 4) is 0 Å². The maximum atomic E-state index is 11.9. The van der Waals surface area contributed by atoms with Crippen molar-refractivity contribution in [3.63, 3.8) is 0 Å². The number of hydrogen-bond acceptors (Lipinski definition) is 3. The minimum atomic E-state index is -0.912. The van der Waals surface area contributed by atoms with E-state index in [2.05, 4.69) is 6.92 Å². The number of aromatic carboxylic acids is 1. The Kier molecular flexibility index (Phi) is 10.9. The van der Waals surface area contributed by atoms with Crippen molar-refractivity contribution in [2.45, 2.75) is 84.2 Å². The number of aliphatic hydroxyl groups excluding tert-OH is 1. The van der Waals surface area contributed by atoms with Crippen LogP contribution < -0.4 is 0 Å². The van der Waals surface area contributed by atoms with Crippen LogP contribution in [-0.4, -0.2) is 28.1 Å². The molecule has 0 aliphatic heterocycles. The maximum absolute atomic E-state index is 11.9. The van der Waals surface area contributed by atoms with Crippen LogP contribution in [0.3, 0.4) is 0 Å². The molecule has 4 heteroatoms. The second kappa shape index (κ2) is 12.6. The molecule has 0 aliphatic carbocycles. The first kappa shape index (κ1) is 22.4. The van der Waals surface area contributed by atoms with Gasteiger partial charge < -0.3 is 10.2 Å². The van der Waals surface area contributed by atoms with E-state index in [0.29, 0.717) is 5.56 Å². The van der Waals surface area contributed by atoms with Crippen molar-refractivity contribution in [1.29, 1.82) is 0 Å². The Morgan fingerprint density at radius 3 is 2.12 bits per heavy atom. The standard InChI is InChI=1S/C22H34O4/c1-3-4-5-11-21(24)12-7-10-19(17(2)23)9-6-8-18-13-15-20(16-14-18)22(25)26/h13-16,19,21,24H,3-12H2,1-2H3,(H,25,26). The van der Waals surface area contributed by atoms with Crippen LogP contribution in [-0.2, 0) is 11.2 Å². The lowest BCUT2D eigenvalue weighted by molar-refractivity contribution is -0.121. The Morgan fingerprint density at radius 1 is 0.923 bits per heavy atom. The molecule has 1 aromatic rings. The second-order valence-corrected chi connectivity index (χ2v) is 7.28. The zero-order chi connectivity index (χ0) is 19.4. The van der Waals surface area contributed by atoms with E-state index >= 15 is 0 Å². The second-order valence-electron chi connectivity index (χ2n) is 7.28. The van der Waals surface area contributed by atoms with Crippen LogP contribution in [0, 0.1) is 5.92 Å². The van der Waals surface area contributed by atoms with E-state index in [0.717, 1.165) is 63.4 Å². The monoisotopic (exact) mass is 362 g/mol. The van der Waals surface area contributed by atoms with Gasteiger partial charge in [-0.2, -0.15) is 0 Å². The Balaban J connectivity index is 2.30. The van der Waals surface area contributed by atoms with Crippen LogP contribution in [0.1, 0.15) is 87.6 Å². The van der Waals surface area contributed by atoms with Gasteiger partial charge in [-0.05, 0) is 63.1 Å². The molecule has 0 spiro atoms. The summed E-state index contributed by atoms with van der Waals surface area (Å²) in [6.45, 7) is 3.81. The van der Waals surface area contributed by atoms with Crippen molar-refractivity contribution >= 4 is 11.8 Å². The number of ketones is 1. The molecule has 26 heavy (non-hydrogen) atoms. The molecule has 0 saturated heterocycles. The molecule has 0 amide bonds. The summed E-state index contributed by atoms with van der Waals surface area (Å²) in [6, 6.07) is 6.94. The number of hydrogen-bond donors (Lipinski definition) is 2. The third-order valence-electron chi connectivity index (χ3n) is 5.02. The largest absolute Gasteiger partial charge is 0.478 e. The maximum Gasteiger partial charge on any atom is 0.335 e. The van der Waals surface area contributed by atoms with Gasteiger partial charge in [0.1, 0.15) is 5.78 Å². The van der Waals surface area contributed by atoms with Crippen LogP contribution in [0.25, 0.3) is 0 Å². The summed E-state index contributed by atoms with van der Waals surface area (Å²) < 4.78 is 0. The minimum absolute atomic E-state index is 0.0659. The molecule has 0 fully saturated rings. The third-order valence-corrected chi connectivity index (χ3v) is 5.02. The lowest BCUT2D eigenvalue weighted by Crippen LogP contribution is -2.13. The number of carboxylic acid groups (broad SMARTS) is 1. The first-order valence-corrected chi connectivity index (χ1v) is 9.94. The fourth-order valence-corrected chi connectivity index (χ4v) is 3.29. The molecule has 0 aromatic heterocycles. The fourth-order valence-electron chi connectivity index (χ4n) is 3.29. The summed E-state index contributed by atoms with van der Waals surface area (Å²) in [6.07, 6.45) is 9.17. The van der Waals surface area contributed by atoms with E-state index in [1.807, 2.05) is 12.1 Å². The summed E-state index contributed by atoms with van der Waals surface area (Å²) in [7, 11) is 0. The van der Waals surface area contributed by atoms with Gasteiger partial charge >= 0.3 is 5.97 Å². The van der Waals surface area contributed by atoms with E-state index in [1.165, 1.54) is 6.42 Å². The van der Waals surface area contributed by atoms with Gasteiger partial charge in [-0.1, -0.05) is 44.7 Å². The van der Waals surface area contributed by atoms with Gasteiger partial charge in [-0.25, -0.2) is 4.79 Å². The first-order valence-electron chi connectivity index (χ1n) is 9.94. The highest BCUT2D eigenvalue weighted by atomic mass is 16.4. The molecule has 0 bridgehead atoms. The zero-order valence-corrected chi connectivity index (χ0v) is 16.2. The Labute approximate surface area is 157 Å². The average molecular weight is 363 g/mol. The van der Waals surface area contributed by atoms with Crippen molar-refractivity contribution in [2.75, 3.05) is 0 Å². The smallest absolute Gasteiger partial charge is 0.335 e. The van der Waals surface area contributed by atoms with E-state index in [9.17, 15) is 14.7 Å². The highest BCUT2D eigenvalue weighted by molar-refractivity contribution is 5.87. The van der Waals surface area contributed by atoms with Gasteiger partial charge in [0.15, 0.2) is 0 Å². The van der Waals surface area contributed by atoms with Crippen LogP contribution in [0.4, 0.5) is 0 Å². The molecule has 2 unspecified atom stereocenters. The molecule has 0 heterocycles. The lowest BCUT2D eigenvalue weighted by atomic mass is 9.90. The molecular weight excluding hydrogens is 328 g/mol. The van der Waals surface area contributed by atoms with E-state index in [4.69, 9.17) is 5.11 Å². The van der Waals surface area contributed by atoms with Crippen molar-refractivity contribution in [3.05, 3.63) is 35.4 Å². The molecule has 1 rings (SSSR count). The predicted octanol–water partition coefficient (Wildman–Crippen LogP) is 5.02. The van der Waals surface area contributed by atoms with Gasteiger partial charge in [-0.3, -0.25) is 4.79 Å². The summed E-state index contributed by atoms with van der Waals surface area (Å²) in [5.41, 5.74) is 1.40. The number of Topliss-reactive ketones (excluding diaryl/α,β-unsaturated/α-hetero) is 1. The van der Waals surface area contributed by atoms with E-state index < -0.39 is 5.97 Å². The summed E-state index contributed by atoms with van der Waals surface area (Å²) in [4.78, 5) is 22.7. The highest BCUT2D eigenvalue weighted by Gasteiger charge is 2.15. The molecule has 2 atom stereocenters. The zero-order valence-electron chi connectivity index (χ0n) is 16.2. The van der Waals surface area contributed by atoms with E-state index in [-0.39, 0.29) is 17.8 Å². The van der Waals surface area contributed by atoms with Crippen molar-refractivity contribution < 1.29 is 19.8 Å². The van der Waals surface area contributed by atoms with Crippen LogP contribution in [0.5, 0.6) is 0 Å². The highest BCUT2D eigenvalue weighted by Crippen LogP contribution is 2.20. The summed E-state index contributed by atoms with van der Waals surface area (Å²) in [5, 5.41) is 18.9. The van der Waals surface area contributed by atoms with Gasteiger partial charge in [-0.15, -0.1) is 0 Å². The lowest BCUT2D eigenvalue weighted by Gasteiger charge is -2.15. The quantitative estimate of drug-likeness (QED) is 0.455. The molecule has 0 radical (unpaired) electrons. The Morgan fingerprint density at radius 2 is 1.54 bits per heavy atom. The number of unbranched alkanes of at least 4 members (excludes halogenated alkanes) is 2. The third kappa shape index (κ3) is 9.14. The number of aryl methyl sites for hydroxylation is 1. The van der Waals surface area contributed by atoms with Crippen LogP contribution >= 0.6 is 0 Å². The number of aliphatic hydroxyl groups is 1. The molecule has 0 aliphatic rings.